The van der Waals surface area contributed by atoms with Crippen LogP contribution >= 0.6 is 11.8 Å². The molecule has 14 heavy (non-hydrogen) atoms. The number of allylic oxidation sites excluding steroid dienone is 2. The summed E-state index contributed by atoms with van der Waals surface area (Å²) >= 11 is 1.75. The zero-order valence-electron chi connectivity index (χ0n) is 9.64. The maximum atomic E-state index is 11.8. The lowest BCUT2D eigenvalue weighted by Gasteiger charge is -2.26. The van der Waals surface area contributed by atoms with E-state index in [2.05, 4.69) is 27.0 Å². The highest BCUT2D eigenvalue weighted by Gasteiger charge is 2.25. The fraction of sp³-hybridized carbons (Fsp3) is 0.750. The molecule has 0 radical (unpaired) electrons. The Kier molecular flexibility index (Phi) is 3.82. The number of ketones is 1. The second kappa shape index (κ2) is 4.52. The van der Waals surface area contributed by atoms with E-state index in [4.69, 9.17) is 0 Å². The predicted molar refractivity (Wildman–Crippen MR) is 63.5 cm³/mol. The van der Waals surface area contributed by atoms with Crippen LogP contribution in [0.4, 0.5) is 0 Å². The molecule has 1 aliphatic carbocycles. The molecule has 0 spiro atoms. The Labute approximate surface area is 91.3 Å². The minimum Gasteiger partial charge on any atom is -0.295 e. The minimum absolute atomic E-state index is 0.127. The van der Waals surface area contributed by atoms with Crippen LogP contribution in [0, 0.1) is 5.41 Å². The van der Waals surface area contributed by atoms with Crippen molar-refractivity contribution in [1.29, 1.82) is 0 Å². The normalized spacial score (nSPS) is 22.4. The van der Waals surface area contributed by atoms with E-state index < -0.39 is 0 Å². The van der Waals surface area contributed by atoms with Crippen molar-refractivity contribution >= 4 is 17.5 Å². The molecule has 0 aromatic heterocycles. The van der Waals surface area contributed by atoms with Crippen LogP contribution in [0.15, 0.2) is 10.5 Å². The largest absolute Gasteiger partial charge is 0.295 e. The molecule has 0 aliphatic heterocycles. The number of Topliss-reactive ketones (excluding diaryl/α,β-unsaturated/α-hetero) is 1. The first-order chi connectivity index (χ1) is 6.46. The summed E-state index contributed by atoms with van der Waals surface area (Å²) in [7, 11) is 0. The van der Waals surface area contributed by atoms with E-state index in [1.54, 1.807) is 11.8 Å². The lowest BCUT2D eigenvalue weighted by molar-refractivity contribution is -0.116. The summed E-state index contributed by atoms with van der Waals surface area (Å²) in [4.78, 5) is 13.1. The van der Waals surface area contributed by atoms with Crippen LogP contribution in [0.2, 0.25) is 0 Å². The van der Waals surface area contributed by atoms with E-state index in [9.17, 15) is 4.79 Å². The van der Waals surface area contributed by atoms with Gasteiger partial charge in [0.25, 0.3) is 0 Å². The smallest absolute Gasteiger partial charge is 0.159 e. The summed E-state index contributed by atoms with van der Waals surface area (Å²) in [6.45, 7) is 6.56. The number of hydrogen-bond donors (Lipinski definition) is 0. The number of carbonyl (C=O) groups is 1. The van der Waals surface area contributed by atoms with Gasteiger partial charge in [-0.1, -0.05) is 20.8 Å². The van der Waals surface area contributed by atoms with Crippen LogP contribution in [-0.2, 0) is 4.79 Å². The fourth-order valence-electron chi connectivity index (χ4n) is 2.00. The zero-order chi connectivity index (χ0) is 10.8. The van der Waals surface area contributed by atoms with Crippen molar-refractivity contribution in [2.45, 2.75) is 46.5 Å². The number of rotatable bonds is 1. The molecule has 0 aromatic carbocycles. The topological polar surface area (TPSA) is 17.1 Å². The lowest BCUT2D eigenvalue weighted by atomic mass is 9.86. The van der Waals surface area contributed by atoms with E-state index >= 15 is 0 Å². The van der Waals surface area contributed by atoms with Crippen LogP contribution in [0.25, 0.3) is 0 Å². The first-order valence-corrected chi connectivity index (χ1v) is 6.50. The van der Waals surface area contributed by atoms with Crippen molar-refractivity contribution in [2.75, 3.05) is 6.26 Å². The van der Waals surface area contributed by atoms with E-state index in [1.807, 2.05) is 0 Å². The fourth-order valence-corrected chi connectivity index (χ4v) is 3.07. The molecule has 0 unspecified atom stereocenters. The van der Waals surface area contributed by atoms with Gasteiger partial charge in [0.1, 0.15) is 0 Å². The van der Waals surface area contributed by atoms with E-state index in [-0.39, 0.29) is 5.41 Å². The molecule has 1 aliphatic rings. The van der Waals surface area contributed by atoms with Gasteiger partial charge >= 0.3 is 0 Å². The molecular formula is C12H20OS. The molecule has 0 bridgehead atoms. The predicted octanol–water partition coefficient (Wildman–Crippen LogP) is 3.79. The Hall–Kier alpha value is -0.240. The van der Waals surface area contributed by atoms with Crippen molar-refractivity contribution < 1.29 is 4.79 Å². The summed E-state index contributed by atoms with van der Waals surface area (Å²) in [5.41, 5.74) is 1.23. The Morgan fingerprint density at radius 1 is 1.21 bits per heavy atom. The molecule has 2 heteroatoms. The summed E-state index contributed by atoms with van der Waals surface area (Å²) in [6, 6.07) is 0. The molecular weight excluding hydrogens is 192 g/mol. The zero-order valence-corrected chi connectivity index (χ0v) is 10.5. The molecule has 0 aromatic rings. The summed E-state index contributed by atoms with van der Waals surface area (Å²) in [5, 5.41) is 0. The highest BCUT2D eigenvalue weighted by atomic mass is 32.2. The maximum absolute atomic E-state index is 11.8. The summed E-state index contributed by atoms with van der Waals surface area (Å²) < 4.78 is 0. The molecule has 0 atom stereocenters. The second-order valence-electron chi connectivity index (χ2n) is 4.89. The highest BCUT2D eigenvalue weighted by Crippen LogP contribution is 2.39. The molecule has 0 N–H and O–H groups in total. The summed E-state index contributed by atoms with van der Waals surface area (Å²) in [6.07, 6.45) is 6.09. The number of thioether (sulfide) groups is 1. The third kappa shape index (κ3) is 2.63. The van der Waals surface area contributed by atoms with Gasteiger partial charge in [-0.15, -0.1) is 11.8 Å². The van der Waals surface area contributed by atoms with Crippen LogP contribution in [0.1, 0.15) is 46.5 Å². The Morgan fingerprint density at radius 3 is 2.21 bits per heavy atom. The molecule has 1 fully saturated rings. The van der Waals surface area contributed by atoms with Gasteiger partial charge in [-0.3, -0.25) is 4.79 Å². The second-order valence-corrected chi connectivity index (χ2v) is 5.71. The number of hydrogen-bond acceptors (Lipinski definition) is 2. The molecule has 1 saturated carbocycles. The van der Waals surface area contributed by atoms with Crippen molar-refractivity contribution in [1.82, 2.24) is 0 Å². The van der Waals surface area contributed by atoms with E-state index in [1.165, 1.54) is 11.3 Å². The quantitative estimate of drug-likeness (QED) is 0.615. The number of carbonyl (C=O) groups excluding carboxylic acids is 1. The minimum atomic E-state index is 0.127. The van der Waals surface area contributed by atoms with Gasteiger partial charge in [-0.05, 0) is 35.8 Å². The van der Waals surface area contributed by atoms with Gasteiger partial charge in [0.2, 0.25) is 0 Å². The molecule has 0 amide bonds. The Balaban J connectivity index is 3.03. The lowest BCUT2D eigenvalue weighted by Crippen LogP contribution is -2.17. The Bertz CT molecular complexity index is 258. The monoisotopic (exact) mass is 212 g/mol. The molecule has 80 valence electrons. The molecule has 0 heterocycles. The van der Waals surface area contributed by atoms with E-state index in [0.29, 0.717) is 5.78 Å². The van der Waals surface area contributed by atoms with Crippen molar-refractivity contribution in [3.8, 4) is 0 Å². The van der Waals surface area contributed by atoms with Crippen LogP contribution in [0.5, 0.6) is 0 Å². The van der Waals surface area contributed by atoms with Crippen molar-refractivity contribution in [3.05, 3.63) is 10.5 Å². The van der Waals surface area contributed by atoms with Gasteiger partial charge < -0.3 is 0 Å². The average Bonchev–Trinajstić information content (AvgIpc) is 2.07. The molecule has 1 nitrogen and oxygen atoms in total. The van der Waals surface area contributed by atoms with Gasteiger partial charge in [0.15, 0.2) is 5.78 Å². The van der Waals surface area contributed by atoms with Crippen LogP contribution in [-0.4, -0.2) is 12.0 Å². The maximum Gasteiger partial charge on any atom is 0.159 e. The summed E-state index contributed by atoms with van der Waals surface area (Å²) in [5.74, 6) is 0.385. The van der Waals surface area contributed by atoms with Gasteiger partial charge in [0.05, 0.1) is 0 Å². The standard InChI is InChI=1S/C12H20OS/c1-12(2,3)11(14-4)9-7-5-6-8-10(9)13/h5-8H2,1-4H3/b11-9+. The SMILES string of the molecule is CS/C(=C1\CCCCC1=O)C(C)(C)C. The average molecular weight is 212 g/mol. The molecule has 1 rings (SSSR count). The first kappa shape index (κ1) is 11.8. The van der Waals surface area contributed by atoms with Gasteiger partial charge in [0, 0.05) is 12.0 Å². The van der Waals surface area contributed by atoms with Gasteiger partial charge in [-0.2, -0.15) is 0 Å². The third-order valence-corrected chi connectivity index (χ3v) is 3.84. The molecule has 0 saturated heterocycles. The van der Waals surface area contributed by atoms with Crippen molar-refractivity contribution in [3.63, 3.8) is 0 Å². The van der Waals surface area contributed by atoms with Crippen LogP contribution < -0.4 is 0 Å². The van der Waals surface area contributed by atoms with E-state index in [0.717, 1.165) is 24.8 Å². The van der Waals surface area contributed by atoms with Crippen LogP contribution in [0.3, 0.4) is 0 Å². The third-order valence-electron chi connectivity index (χ3n) is 2.58. The first-order valence-electron chi connectivity index (χ1n) is 5.27. The van der Waals surface area contributed by atoms with Gasteiger partial charge in [-0.25, -0.2) is 0 Å². The Morgan fingerprint density at radius 2 is 1.79 bits per heavy atom. The van der Waals surface area contributed by atoms with Crippen molar-refractivity contribution in [2.24, 2.45) is 5.41 Å². The highest BCUT2D eigenvalue weighted by molar-refractivity contribution is 8.02.